The second-order valence-electron chi connectivity index (χ2n) is 4.61. The molecule has 0 saturated carbocycles. The topological polar surface area (TPSA) is 72.6 Å². The van der Waals surface area contributed by atoms with Gasteiger partial charge in [-0.15, -0.1) is 0 Å². The van der Waals surface area contributed by atoms with Crippen molar-refractivity contribution in [1.82, 2.24) is 0 Å². The number of halogens is 1. The van der Waals surface area contributed by atoms with Crippen molar-refractivity contribution >= 4 is 21.4 Å². The maximum Gasteiger partial charge on any atom is 0.264 e. The van der Waals surface area contributed by atoms with Gasteiger partial charge in [-0.2, -0.15) is 0 Å². The molecule has 0 atom stereocenters. The molecule has 0 amide bonds. The monoisotopic (exact) mass is 308 g/mol. The molecule has 0 spiro atoms. The first kappa shape index (κ1) is 13.7. The molecule has 7 heteroatoms. The van der Waals surface area contributed by atoms with E-state index in [0.29, 0.717) is 11.4 Å². The third kappa shape index (κ3) is 2.40. The van der Waals surface area contributed by atoms with E-state index in [-0.39, 0.29) is 23.8 Å². The molecular formula is C14H13FN2O3S. The van der Waals surface area contributed by atoms with Crippen LogP contribution in [0, 0.1) is 5.82 Å². The number of anilines is 2. The summed E-state index contributed by atoms with van der Waals surface area (Å²) in [5.41, 5.74) is 6.33. The third-order valence-electron chi connectivity index (χ3n) is 3.19. The van der Waals surface area contributed by atoms with Gasteiger partial charge in [0, 0.05) is 11.8 Å². The van der Waals surface area contributed by atoms with Crippen LogP contribution in [0.3, 0.4) is 0 Å². The minimum Gasteiger partial charge on any atom is -0.489 e. The van der Waals surface area contributed by atoms with Crippen molar-refractivity contribution in [1.29, 1.82) is 0 Å². The number of hydrogen-bond acceptors (Lipinski definition) is 4. The van der Waals surface area contributed by atoms with E-state index in [0.717, 1.165) is 0 Å². The number of nitrogens with zero attached hydrogens (tertiary/aromatic N) is 1. The molecule has 0 aliphatic carbocycles. The summed E-state index contributed by atoms with van der Waals surface area (Å²) < 4.78 is 45.2. The highest BCUT2D eigenvalue weighted by Crippen LogP contribution is 2.35. The highest BCUT2D eigenvalue weighted by Gasteiger charge is 2.30. The molecule has 1 aliphatic heterocycles. The minimum absolute atomic E-state index is 0.0969. The second kappa shape index (κ2) is 4.92. The Bertz CT molecular complexity index is 793. The van der Waals surface area contributed by atoms with Crippen molar-refractivity contribution in [2.45, 2.75) is 4.90 Å². The molecule has 0 fully saturated rings. The van der Waals surface area contributed by atoms with Crippen LogP contribution in [-0.4, -0.2) is 21.6 Å². The van der Waals surface area contributed by atoms with E-state index >= 15 is 0 Å². The Labute approximate surface area is 121 Å². The van der Waals surface area contributed by atoms with Crippen molar-refractivity contribution < 1.29 is 17.5 Å². The van der Waals surface area contributed by atoms with Crippen LogP contribution >= 0.6 is 0 Å². The van der Waals surface area contributed by atoms with E-state index in [1.54, 1.807) is 12.1 Å². The molecule has 2 N–H and O–H groups in total. The van der Waals surface area contributed by atoms with E-state index in [1.807, 2.05) is 0 Å². The lowest BCUT2D eigenvalue weighted by Gasteiger charge is -2.30. The summed E-state index contributed by atoms with van der Waals surface area (Å²) in [5, 5.41) is 0. The van der Waals surface area contributed by atoms with Crippen molar-refractivity contribution in [3.8, 4) is 5.75 Å². The van der Waals surface area contributed by atoms with Crippen LogP contribution in [0.25, 0.3) is 0 Å². The Hall–Kier alpha value is -2.28. The zero-order chi connectivity index (χ0) is 15.0. The molecule has 110 valence electrons. The first-order valence-corrected chi connectivity index (χ1v) is 7.73. The molecule has 21 heavy (non-hydrogen) atoms. The Balaban J connectivity index is 2.09. The standard InChI is InChI=1S/C14H13FN2O3S/c15-10-4-5-13-14(8-10)20-7-6-17(13)21(18,19)12-3-1-2-11(16)9-12/h1-5,8-9H,6-7,16H2. The van der Waals surface area contributed by atoms with Crippen LogP contribution in [0.1, 0.15) is 0 Å². The summed E-state index contributed by atoms with van der Waals surface area (Å²) in [6.45, 7) is 0.327. The number of ether oxygens (including phenoxy) is 1. The van der Waals surface area contributed by atoms with Gasteiger partial charge >= 0.3 is 0 Å². The number of hydrogen-bond donors (Lipinski definition) is 1. The minimum atomic E-state index is -3.76. The molecule has 1 aliphatic rings. The average Bonchev–Trinajstić information content (AvgIpc) is 2.46. The summed E-state index contributed by atoms with van der Waals surface area (Å²) in [5.74, 6) is -0.259. The van der Waals surface area contributed by atoms with Gasteiger partial charge in [0.05, 0.1) is 17.1 Å². The molecule has 0 radical (unpaired) electrons. The molecule has 0 aromatic heterocycles. The van der Waals surface area contributed by atoms with E-state index in [4.69, 9.17) is 10.5 Å². The summed E-state index contributed by atoms with van der Waals surface area (Å²) in [7, 11) is -3.76. The van der Waals surface area contributed by atoms with Gasteiger partial charge < -0.3 is 10.5 Å². The van der Waals surface area contributed by atoms with Gasteiger partial charge in [-0.1, -0.05) is 6.07 Å². The van der Waals surface area contributed by atoms with Gasteiger partial charge in [0.15, 0.2) is 0 Å². The van der Waals surface area contributed by atoms with Crippen LogP contribution in [0.2, 0.25) is 0 Å². The van der Waals surface area contributed by atoms with Crippen LogP contribution < -0.4 is 14.8 Å². The highest BCUT2D eigenvalue weighted by atomic mass is 32.2. The number of benzene rings is 2. The largest absolute Gasteiger partial charge is 0.489 e. The molecule has 2 aromatic carbocycles. The Morgan fingerprint density at radius 3 is 2.76 bits per heavy atom. The molecule has 1 heterocycles. The van der Waals surface area contributed by atoms with Gasteiger partial charge in [0.1, 0.15) is 18.2 Å². The number of sulfonamides is 1. The lowest BCUT2D eigenvalue weighted by Crippen LogP contribution is -2.38. The normalized spacial score (nSPS) is 14.4. The van der Waals surface area contributed by atoms with Crippen molar-refractivity contribution in [2.24, 2.45) is 0 Å². The third-order valence-corrected chi connectivity index (χ3v) is 5.00. The Kier molecular flexibility index (Phi) is 3.21. The van der Waals surface area contributed by atoms with Gasteiger partial charge in [-0.3, -0.25) is 4.31 Å². The zero-order valence-corrected chi connectivity index (χ0v) is 11.8. The number of rotatable bonds is 2. The summed E-state index contributed by atoms with van der Waals surface area (Å²) in [6.07, 6.45) is 0. The van der Waals surface area contributed by atoms with Gasteiger partial charge in [-0.25, -0.2) is 12.8 Å². The lowest BCUT2D eigenvalue weighted by atomic mass is 10.2. The average molecular weight is 308 g/mol. The molecule has 0 saturated heterocycles. The molecule has 0 bridgehead atoms. The van der Waals surface area contributed by atoms with E-state index in [1.165, 1.54) is 34.6 Å². The number of fused-ring (bicyclic) bond motifs is 1. The number of nitrogen functional groups attached to an aromatic ring is 1. The van der Waals surface area contributed by atoms with Gasteiger partial charge in [0.2, 0.25) is 0 Å². The molecular weight excluding hydrogens is 295 g/mol. The SMILES string of the molecule is Nc1cccc(S(=O)(=O)N2CCOc3cc(F)ccc32)c1. The fourth-order valence-electron chi connectivity index (χ4n) is 2.22. The zero-order valence-electron chi connectivity index (χ0n) is 11.0. The molecule has 5 nitrogen and oxygen atoms in total. The van der Waals surface area contributed by atoms with E-state index in [9.17, 15) is 12.8 Å². The van der Waals surface area contributed by atoms with Crippen molar-refractivity contribution in [2.75, 3.05) is 23.2 Å². The maximum atomic E-state index is 13.2. The van der Waals surface area contributed by atoms with E-state index < -0.39 is 15.8 Å². The van der Waals surface area contributed by atoms with Crippen LogP contribution in [0.5, 0.6) is 5.75 Å². The second-order valence-corrected chi connectivity index (χ2v) is 6.47. The van der Waals surface area contributed by atoms with Crippen molar-refractivity contribution in [3.63, 3.8) is 0 Å². The van der Waals surface area contributed by atoms with Crippen LogP contribution in [0.15, 0.2) is 47.4 Å². The Morgan fingerprint density at radius 1 is 1.19 bits per heavy atom. The van der Waals surface area contributed by atoms with Crippen LogP contribution in [-0.2, 0) is 10.0 Å². The summed E-state index contributed by atoms with van der Waals surface area (Å²) >= 11 is 0. The highest BCUT2D eigenvalue weighted by molar-refractivity contribution is 7.92. The van der Waals surface area contributed by atoms with Gasteiger partial charge in [-0.05, 0) is 30.3 Å². The van der Waals surface area contributed by atoms with Gasteiger partial charge in [0.25, 0.3) is 10.0 Å². The first-order chi connectivity index (χ1) is 9.98. The quantitative estimate of drug-likeness (QED) is 0.861. The van der Waals surface area contributed by atoms with E-state index in [2.05, 4.69) is 0 Å². The summed E-state index contributed by atoms with van der Waals surface area (Å²) in [4.78, 5) is 0.0969. The summed E-state index contributed by atoms with van der Waals surface area (Å²) in [6, 6.07) is 9.84. The lowest BCUT2D eigenvalue weighted by molar-refractivity contribution is 0.314. The fraction of sp³-hybridized carbons (Fsp3) is 0.143. The smallest absolute Gasteiger partial charge is 0.264 e. The van der Waals surface area contributed by atoms with Crippen LogP contribution in [0.4, 0.5) is 15.8 Å². The number of nitrogens with two attached hydrogens (primary N) is 1. The van der Waals surface area contributed by atoms with Crippen molar-refractivity contribution in [3.05, 3.63) is 48.3 Å². The fourth-order valence-corrected chi connectivity index (χ4v) is 3.74. The maximum absolute atomic E-state index is 13.2. The predicted octanol–water partition coefficient (Wildman–Crippen LogP) is 2.00. The predicted molar refractivity (Wildman–Crippen MR) is 77.3 cm³/mol. The molecule has 3 rings (SSSR count). The molecule has 0 unspecified atom stereocenters. The molecule has 2 aromatic rings. The first-order valence-electron chi connectivity index (χ1n) is 6.29. The Morgan fingerprint density at radius 2 is 2.00 bits per heavy atom.